The van der Waals surface area contributed by atoms with Gasteiger partial charge in [0.2, 0.25) is 0 Å². The van der Waals surface area contributed by atoms with E-state index in [1.54, 1.807) is 0 Å². The quantitative estimate of drug-likeness (QED) is 0.584. The van der Waals surface area contributed by atoms with Gasteiger partial charge in [0.25, 0.3) is 0 Å². The largest absolute Gasteiger partial charge is 0.271 e. The predicted molar refractivity (Wildman–Crippen MR) is 72.5 cm³/mol. The van der Waals surface area contributed by atoms with E-state index < -0.39 is 0 Å². The Bertz CT molecular complexity index is 332. The maximum Gasteiger partial charge on any atom is 0.0309 e. The summed E-state index contributed by atoms with van der Waals surface area (Å²) < 4.78 is 0. The van der Waals surface area contributed by atoms with Crippen LogP contribution in [0.4, 0.5) is 0 Å². The first-order valence-corrected chi connectivity index (χ1v) is 6.79. The lowest BCUT2D eigenvalue weighted by molar-refractivity contribution is 0.311. The summed E-state index contributed by atoms with van der Waals surface area (Å²) in [6.07, 6.45) is 3.85. The lowest BCUT2D eigenvalue weighted by Crippen LogP contribution is -2.43. The molecule has 1 aromatic carbocycles. The van der Waals surface area contributed by atoms with Crippen molar-refractivity contribution in [1.29, 1.82) is 0 Å². The number of nitrogens with one attached hydrogen (secondary N) is 1. The van der Waals surface area contributed by atoms with E-state index in [2.05, 4.69) is 49.6 Å². The molecule has 0 saturated heterocycles. The number of hydrazine groups is 1. The highest BCUT2D eigenvalue weighted by atomic mass is 15.2. The van der Waals surface area contributed by atoms with Gasteiger partial charge in [-0.3, -0.25) is 11.3 Å². The maximum absolute atomic E-state index is 5.79. The van der Waals surface area contributed by atoms with Crippen LogP contribution >= 0.6 is 0 Å². The first kappa shape index (κ1) is 12.6. The molecule has 0 heterocycles. The molecule has 2 heteroatoms. The van der Waals surface area contributed by atoms with E-state index in [0.717, 1.165) is 5.92 Å². The Kier molecular flexibility index (Phi) is 4.19. The number of nitrogens with two attached hydrogens (primary N) is 1. The van der Waals surface area contributed by atoms with Crippen molar-refractivity contribution in [2.45, 2.75) is 45.1 Å². The molecule has 3 atom stereocenters. The summed E-state index contributed by atoms with van der Waals surface area (Å²) in [5, 5.41) is 0. The highest BCUT2D eigenvalue weighted by Crippen LogP contribution is 2.42. The molecule has 0 radical (unpaired) electrons. The van der Waals surface area contributed by atoms with E-state index in [4.69, 9.17) is 5.84 Å². The molecule has 1 saturated carbocycles. The van der Waals surface area contributed by atoms with E-state index in [9.17, 15) is 0 Å². The summed E-state index contributed by atoms with van der Waals surface area (Å²) in [6, 6.07) is 11.3. The van der Waals surface area contributed by atoms with Crippen LogP contribution in [-0.2, 0) is 0 Å². The molecule has 3 unspecified atom stereocenters. The predicted octanol–water partition coefficient (Wildman–Crippen LogP) is 3.06. The van der Waals surface area contributed by atoms with Gasteiger partial charge in [-0.2, -0.15) is 0 Å². The van der Waals surface area contributed by atoms with Crippen molar-refractivity contribution in [3.8, 4) is 0 Å². The second-order valence-electron chi connectivity index (χ2n) is 5.35. The van der Waals surface area contributed by atoms with Crippen LogP contribution in [-0.4, -0.2) is 6.04 Å². The minimum absolute atomic E-state index is 0.437. The highest BCUT2D eigenvalue weighted by molar-refractivity contribution is 5.23. The Labute approximate surface area is 105 Å². The summed E-state index contributed by atoms with van der Waals surface area (Å²) >= 11 is 0. The van der Waals surface area contributed by atoms with Crippen LogP contribution in [0.1, 0.15) is 44.6 Å². The summed E-state index contributed by atoms with van der Waals surface area (Å²) in [5.74, 6) is 7.78. The van der Waals surface area contributed by atoms with Crippen LogP contribution in [0.2, 0.25) is 0 Å². The molecular formula is C15H24N2. The molecule has 0 bridgehead atoms. The van der Waals surface area contributed by atoms with Crippen molar-refractivity contribution >= 4 is 0 Å². The van der Waals surface area contributed by atoms with Crippen molar-refractivity contribution in [3.05, 3.63) is 35.9 Å². The van der Waals surface area contributed by atoms with E-state index in [1.165, 1.54) is 24.8 Å². The molecule has 1 aliphatic rings. The molecule has 94 valence electrons. The Morgan fingerprint density at radius 2 is 1.94 bits per heavy atom. The average Bonchev–Trinajstić information content (AvgIpc) is 3.20. The van der Waals surface area contributed by atoms with Crippen LogP contribution in [0.15, 0.2) is 30.3 Å². The van der Waals surface area contributed by atoms with Gasteiger partial charge in [-0.25, -0.2) is 0 Å². The third kappa shape index (κ3) is 2.88. The Morgan fingerprint density at radius 1 is 1.29 bits per heavy atom. The van der Waals surface area contributed by atoms with Gasteiger partial charge >= 0.3 is 0 Å². The number of benzene rings is 1. The lowest BCUT2D eigenvalue weighted by Gasteiger charge is -2.31. The molecule has 0 aliphatic heterocycles. The zero-order chi connectivity index (χ0) is 12.3. The van der Waals surface area contributed by atoms with E-state index >= 15 is 0 Å². The van der Waals surface area contributed by atoms with Gasteiger partial charge < -0.3 is 0 Å². The van der Waals surface area contributed by atoms with Gasteiger partial charge in [-0.15, -0.1) is 0 Å². The topological polar surface area (TPSA) is 38.0 Å². The zero-order valence-corrected chi connectivity index (χ0v) is 10.9. The van der Waals surface area contributed by atoms with Gasteiger partial charge in [0, 0.05) is 12.0 Å². The van der Waals surface area contributed by atoms with Crippen LogP contribution < -0.4 is 11.3 Å². The SMILES string of the molecule is CCC(C)C(c1ccccc1)C(NN)C1CC1. The van der Waals surface area contributed by atoms with E-state index in [0.29, 0.717) is 17.9 Å². The normalized spacial score (nSPS) is 20.9. The Morgan fingerprint density at radius 3 is 2.41 bits per heavy atom. The summed E-state index contributed by atoms with van der Waals surface area (Å²) in [4.78, 5) is 0. The number of hydrogen-bond acceptors (Lipinski definition) is 2. The smallest absolute Gasteiger partial charge is 0.0309 e. The van der Waals surface area contributed by atoms with Crippen molar-refractivity contribution in [2.24, 2.45) is 17.7 Å². The second-order valence-corrected chi connectivity index (χ2v) is 5.35. The molecule has 17 heavy (non-hydrogen) atoms. The van der Waals surface area contributed by atoms with Crippen LogP contribution in [0.3, 0.4) is 0 Å². The van der Waals surface area contributed by atoms with Gasteiger partial charge in [0.1, 0.15) is 0 Å². The monoisotopic (exact) mass is 232 g/mol. The van der Waals surface area contributed by atoms with Crippen molar-refractivity contribution in [1.82, 2.24) is 5.43 Å². The number of hydrogen-bond donors (Lipinski definition) is 2. The summed E-state index contributed by atoms with van der Waals surface area (Å²) in [6.45, 7) is 4.60. The molecule has 0 spiro atoms. The molecule has 3 N–H and O–H groups in total. The minimum Gasteiger partial charge on any atom is -0.271 e. The van der Waals surface area contributed by atoms with Gasteiger partial charge in [0.05, 0.1) is 0 Å². The van der Waals surface area contributed by atoms with E-state index in [1.807, 2.05) is 0 Å². The second kappa shape index (κ2) is 5.65. The molecule has 2 nitrogen and oxygen atoms in total. The van der Waals surface area contributed by atoms with Crippen LogP contribution in [0, 0.1) is 11.8 Å². The highest BCUT2D eigenvalue weighted by Gasteiger charge is 2.38. The van der Waals surface area contributed by atoms with Crippen molar-refractivity contribution in [2.75, 3.05) is 0 Å². The van der Waals surface area contributed by atoms with Crippen LogP contribution in [0.5, 0.6) is 0 Å². The van der Waals surface area contributed by atoms with Gasteiger partial charge in [-0.05, 0) is 30.2 Å². The number of rotatable bonds is 6. The minimum atomic E-state index is 0.437. The molecule has 1 aromatic rings. The van der Waals surface area contributed by atoms with E-state index in [-0.39, 0.29) is 0 Å². The fourth-order valence-electron chi connectivity index (χ4n) is 2.81. The Balaban J connectivity index is 2.23. The first-order chi connectivity index (χ1) is 8.27. The molecule has 2 rings (SSSR count). The molecule has 1 aliphatic carbocycles. The molecule has 0 amide bonds. The third-order valence-corrected chi connectivity index (χ3v) is 4.15. The van der Waals surface area contributed by atoms with Gasteiger partial charge in [-0.1, -0.05) is 50.6 Å². The van der Waals surface area contributed by atoms with Crippen molar-refractivity contribution in [3.63, 3.8) is 0 Å². The fraction of sp³-hybridized carbons (Fsp3) is 0.600. The fourth-order valence-corrected chi connectivity index (χ4v) is 2.81. The lowest BCUT2D eigenvalue weighted by atomic mass is 9.78. The maximum atomic E-state index is 5.79. The molecular weight excluding hydrogens is 208 g/mol. The third-order valence-electron chi connectivity index (χ3n) is 4.15. The molecule has 0 aromatic heterocycles. The molecule has 1 fully saturated rings. The Hall–Kier alpha value is -0.860. The van der Waals surface area contributed by atoms with Crippen molar-refractivity contribution < 1.29 is 0 Å². The van der Waals surface area contributed by atoms with Gasteiger partial charge in [0.15, 0.2) is 0 Å². The summed E-state index contributed by atoms with van der Waals surface area (Å²) in [5.41, 5.74) is 4.51. The zero-order valence-electron chi connectivity index (χ0n) is 10.9. The average molecular weight is 232 g/mol. The first-order valence-electron chi connectivity index (χ1n) is 6.79. The summed E-state index contributed by atoms with van der Waals surface area (Å²) in [7, 11) is 0. The standard InChI is InChI=1S/C15H24N2/c1-3-11(2)14(12-7-5-4-6-8-12)15(17-16)13-9-10-13/h4-8,11,13-15,17H,3,9-10,16H2,1-2H3. The van der Waals surface area contributed by atoms with Crippen LogP contribution in [0.25, 0.3) is 0 Å².